The molecular formula is C24H24O4. The van der Waals surface area contributed by atoms with Gasteiger partial charge in [0.2, 0.25) is 5.79 Å². The van der Waals surface area contributed by atoms with Gasteiger partial charge in [0, 0.05) is 24.8 Å². The first-order chi connectivity index (χ1) is 13.4. The van der Waals surface area contributed by atoms with Gasteiger partial charge in [-0.2, -0.15) is 0 Å². The van der Waals surface area contributed by atoms with Crippen molar-refractivity contribution in [1.29, 1.82) is 0 Å². The van der Waals surface area contributed by atoms with Crippen LogP contribution in [0.4, 0.5) is 0 Å². The van der Waals surface area contributed by atoms with Gasteiger partial charge in [0.15, 0.2) is 5.78 Å². The normalized spacial score (nSPS) is 27.5. The molecule has 0 fully saturated rings. The number of fused-ring (bicyclic) bond motifs is 5. The highest BCUT2D eigenvalue weighted by molar-refractivity contribution is 5.98. The van der Waals surface area contributed by atoms with Crippen molar-refractivity contribution in [3.8, 4) is 5.75 Å². The smallest absolute Gasteiger partial charge is 0.241 e. The number of ketones is 1. The summed E-state index contributed by atoms with van der Waals surface area (Å²) < 4.78 is 18.4. The Morgan fingerprint density at radius 3 is 2.50 bits per heavy atom. The van der Waals surface area contributed by atoms with Gasteiger partial charge in [0.25, 0.3) is 0 Å². The van der Waals surface area contributed by atoms with E-state index in [4.69, 9.17) is 14.2 Å². The molecule has 2 heterocycles. The Morgan fingerprint density at radius 2 is 1.75 bits per heavy atom. The lowest BCUT2D eigenvalue weighted by Gasteiger charge is -2.49. The van der Waals surface area contributed by atoms with Gasteiger partial charge < -0.3 is 14.2 Å². The van der Waals surface area contributed by atoms with Crippen molar-refractivity contribution in [2.24, 2.45) is 5.41 Å². The molecule has 3 aliphatic rings. The molecule has 0 saturated heterocycles. The molecule has 0 amide bonds. The van der Waals surface area contributed by atoms with Gasteiger partial charge >= 0.3 is 0 Å². The summed E-state index contributed by atoms with van der Waals surface area (Å²) >= 11 is 0. The largest absolute Gasteiger partial charge is 0.497 e. The van der Waals surface area contributed by atoms with Crippen molar-refractivity contribution in [3.63, 3.8) is 0 Å². The zero-order valence-corrected chi connectivity index (χ0v) is 16.5. The number of Topliss-reactive ketones (excluding diaryl/α,β-unsaturated/α-hetero) is 1. The average Bonchev–Trinajstić information content (AvgIpc) is 2.66. The lowest BCUT2D eigenvalue weighted by Crippen LogP contribution is -2.47. The Balaban J connectivity index is 1.69. The maximum atomic E-state index is 13.0. The van der Waals surface area contributed by atoms with Crippen molar-refractivity contribution in [1.82, 2.24) is 0 Å². The first-order valence-electron chi connectivity index (χ1n) is 9.76. The molecule has 0 radical (unpaired) electrons. The predicted molar refractivity (Wildman–Crippen MR) is 105 cm³/mol. The van der Waals surface area contributed by atoms with Gasteiger partial charge in [-0.1, -0.05) is 38.1 Å². The molecule has 2 aliphatic heterocycles. The highest BCUT2D eigenvalue weighted by Crippen LogP contribution is 2.55. The van der Waals surface area contributed by atoms with E-state index >= 15 is 0 Å². The van der Waals surface area contributed by atoms with Gasteiger partial charge in [0.1, 0.15) is 17.6 Å². The third-order valence-corrected chi connectivity index (χ3v) is 6.03. The summed E-state index contributed by atoms with van der Waals surface area (Å²) in [5, 5.41) is 0. The zero-order valence-electron chi connectivity index (χ0n) is 16.5. The van der Waals surface area contributed by atoms with E-state index in [0.29, 0.717) is 18.4 Å². The Labute approximate surface area is 165 Å². The quantitative estimate of drug-likeness (QED) is 0.753. The Morgan fingerprint density at radius 1 is 1.00 bits per heavy atom. The molecule has 2 aromatic carbocycles. The number of rotatable bonds is 2. The monoisotopic (exact) mass is 376 g/mol. The summed E-state index contributed by atoms with van der Waals surface area (Å²) in [6.07, 6.45) is 1.50. The van der Waals surface area contributed by atoms with Crippen LogP contribution in [0.15, 0.2) is 59.9 Å². The molecule has 2 atom stereocenters. The Kier molecular flexibility index (Phi) is 3.72. The van der Waals surface area contributed by atoms with Crippen LogP contribution in [0, 0.1) is 5.41 Å². The van der Waals surface area contributed by atoms with E-state index < -0.39 is 5.79 Å². The van der Waals surface area contributed by atoms with Crippen molar-refractivity contribution >= 4 is 5.78 Å². The fourth-order valence-corrected chi connectivity index (χ4v) is 4.71. The minimum Gasteiger partial charge on any atom is -0.497 e. The molecule has 2 bridgehead atoms. The predicted octanol–water partition coefficient (Wildman–Crippen LogP) is 4.84. The topological polar surface area (TPSA) is 44.8 Å². The first kappa shape index (κ1) is 17.5. The maximum absolute atomic E-state index is 13.0. The van der Waals surface area contributed by atoms with Crippen LogP contribution in [0.3, 0.4) is 0 Å². The lowest BCUT2D eigenvalue weighted by molar-refractivity contribution is -0.272. The van der Waals surface area contributed by atoms with E-state index in [1.165, 1.54) is 5.56 Å². The molecule has 0 saturated carbocycles. The molecule has 5 rings (SSSR count). The van der Waals surface area contributed by atoms with E-state index in [9.17, 15) is 4.79 Å². The van der Waals surface area contributed by atoms with Crippen LogP contribution in [0.5, 0.6) is 5.75 Å². The van der Waals surface area contributed by atoms with Gasteiger partial charge in [-0.15, -0.1) is 0 Å². The average molecular weight is 376 g/mol. The molecular weight excluding hydrogens is 352 g/mol. The summed E-state index contributed by atoms with van der Waals surface area (Å²) in [6.45, 7) is 4.24. The molecule has 2 aromatic rings. The number of methoxy groups -OCH3 is 1. The van der Waals surface area contributed by atoms with Crippen molar-refractivity contribution in [2.45, 2.75) is 45.0 Å². The number of ether oxygens (including phenoxy) is 3. The fraction of sp³-hybridized carbons (Fsp3) is 0.375. The standard InChI is InChI=1S/C24H24O4/c1-23(2)13-19(25)21-20(14-23)27-24(16-8-10-17(26-3)11-9-16)12-15-6-4-5-7-18(15)22(21)28-24/h4-11,22H,12-14H2,1-3H3/t22?,24-/m0/s1. The number of hydrogen-bond donors (Lipinski definition) is 0. The second-order valence-corrected chi connectivity index (χ2v) is 8.73. The summed E-state index contributed by atoms with van der Waals surface area (Å²) in [6, 6.07) is 16.0. The third kappa shape index (κ3) is 2.59. The maximum Gasteiger partial charge on any atom is 0.241 e. The second-order valence-electron chi connectivity index (χ2n) is 8.73. The molecule has 144 valence electrons. The van der Waals surface area contributed by atoms with Gasteiger partial charge in [-0.05, 0) is 40.8 Å². The molecule has 0 N–H and O–H groups in total. The third-order valence-electron chi connectivity index (χ3n) is 6.03. The van der Waals surface area contributed by atoms with E-state index in [-0.39, 0.29) is 17.3 Å². The van der Waals surface area contributed by atoms with Gasteiger partial charge in [-0.25, -0.2) is 0 Å². The highest BCUT2D eigenvalue weighted by atomic mass is 16.7. The van der Waals surface area contributed by atoms with Crippen molar-refractivity contribution < 1.29 is 19.0 Å². The van der Waals surface area contributed by atoms with E-state index in [2.05, 4.69) is 26.0 Å². The van der Waals surface area contributed by atoms with Gasteiger partial charge in [0.05, 0.1) is 12.7 Å². The number of carbonyl (C=O) groups excluding carboxylic acids is 1. The molecule has 4 heteroatoms. The van der Waals surface area contributed by atoms with Crippen LogP contribution in [0.1, 0.15) is 49.5 Å². The summed E-state index contributed by atoms with van der Waals surface area (Å²) in [7, 11) is 1.65. The fourth-order valence-electron chi connectivity index (χ4n) is 4.71. The summed E-state index contributed by atoms with van der Waals surface area (Å²) in [5.41, 5.74) is 3.78. The minimum atomic E-state index is -0.919. The SMILES string of the molecule is COc1ccc([C@]23Cc4ccccc4C(O2)C2=C(CC(C)(C)CC2=O)O3)cc1. The van der Waals surface area contributed by atoms with E-state index in [1.54, 1.807) is 7.11 Å². The second kappa shape index (κ2) is 5.95. The molecule has 4 nitrogen and oxygen atoms in total. The summed E-state index contributed by atoms with van der Waals surface area (Å²) in [5.74, 6) is 0.800. The number of hydrogen-bond acceptors (Lipinski definition) is 4. The molecule has 28 heavy (non-hydrogen) atoms. The molecule has 0 spiro atoms. The van der Waals surface area contributed by atoms with Crippen LogP contribution >= 0.6 is 0 Å². The Bertz CT molecular complexity index is 986. The van der Waals surface area contributed by atoms with Crippen molar-refractivity contribution in [2.75, 3.05) is 7.11 Å². The van der Waals surface area contributed by atoms with Crippen LogP contribution in [0.25, 0.3) is 0 Å². The molecule has 1 unspecified atom stereocenters. The molecule has 1 aliphatic carbocycles. The van der Waals surface area contributed by atoms with E-state index in [0.717, 1.165) is 29.1 Å². The van der Waals surface area contributed by atoms with Crippen molar-refractivity contribution in [3.05, 3.63) is 76.6 Å². The number of allylic oxidation sites excluding steroid dienone is 1. The first-order valence-corrected chi connectivity index (χ1v) is 9.76. The minimum absolute atomic E-state index is 0.109. The summed E-state index contributed by atoms with van der Waals surface area (Å²) in [4.78, 5) is 13.0. The van der Waals surface area contributed by atoms with Crippen LogP contribution < -0.4 is 4.74 Å². The molecule has 0 aromatic heterocycles. The highest BCUT2D eigenvalue weighted by Gasteiger charge is 2.53. The van der Waals surface area contributed by atoms with Crippen LogP contribution in [-0.4, -0.2) is 12.9 Å². The van der Waals surface area contributed by atoms with E-state index in [1.807, 2.05) is 36.4 Å². The zero-order chi connectivity index (χ0) is 19.5. The van der Waals surface area contributed by atoms with Crippen LogP contribution in [0.2, 0.25) is 0 Å². The number of carbonyl (C=O) groups is 1. The number of benzene rings is 2. The van der Waals surface area contributed by atoms with Crippen LogP contribution in [-0.2, 0) is 26.5 Å². The lowest BCUT2D eigenvalue weighted by atomic mass is 9.72. The van der Waals surface area contributed by atoms with Gasteiger partial charge in [-0.3, -0.25) is 4.79 Å². The Hall–Kier alpha value is -2.59.